The van der Waals surface area contributed by atoms with Gasteiger partial charge in [0.15, 0.2) is 0 Å². The lowest BCUT2D eigenvalue weighted by Gasteiger charge is -2.13. The number of rotatable bonds is 7. The number of nitrogens with zero attached hydrogens (tertiary/aromatic N) is 3. The molecule has 2 aromatic heterocycles. The van der Waals surface area contributed by atoms with Gasteiger partial charge >= 0.3 is 5.91 Å². The second-order valence-corrected chi connectivity index (χ2v) is 5.26. The fourth-order valence-corrected chi connectivity index (χ4v) is 2.17. The largest absolute Gasteiger partial charge is 0.345 e. The summed E-state index contributed by atoms with van der Waals surface area (Å²) in [6.07, 6.45) is 2.56. The van der Waals surface area contributed by atoms with Crippen molar-refractivity contribution < 1.29 is 14.3 Å². The van der Waals surface area contributed by atoms with E-state index < -0.39 is 12.2 Å². The average Bonchev–Trinajstić information content (AvgIpc) is 2.58. The molecule has 7 heteroatoms. The highest BCUT2D eigenvalue weighted by molar-refractivity contribution is 6.29. The van der Waals surface area contributed by atoms with Crippen LogP contribution in [0.4, 0.5) is 0 Å². The van der Waals surface area contributed by atoms with Gasteiger partial charge in [0.05, 0.1) is 6.54 Å². The van der Waals surface area contributed by atoms with Gasteiger partial charge in [-0.2, -0.15) is 4.99 Å². The minimum absolute atomic E-state index is 0.372. The summed E-state index contributed by atoms with van der Waals surface area (Å²) in [5.41, 5.74) is 1.47. The molecule has 0 saturated carbocycles. The molecule has 0 radical (unpaired) electrons. The summed E-state index contributed by atoms with van der Waals surface area (Å²) in [5.74, 6) is -0.465. The lowest BCUT2D eigenvalue weighted by atomic mass is 10.3. The van der Waals surface area contributed by atoms with E-state index in [2.05, 4.69) is 9.98 Å². The average molecular weight is 350 g/mol. The number of hydrogen-bond donors (Lipinski definition) is 0. The number of carbonyl (C=O) groups is 1. The van der Waals surface area contributed by atoms with E-state index in [1.165, 1.54) is 0 Å². The van der Waals surface area contributed by atoms with Crippen LogP contribution in [0.2, 0.25) is 5.15 Å². The minimum Gasteiger partial charge on any atom is -0.345 e. The number of amides is 1. The lowest BCUT2D eigenvalue weighted by molar-refractivity contribution is -0.166. The quantitative estimate of drug-likeness (QED) is 0.568. The highest BCUT2D eigenvalue weighted by Gasteiger charge is 2.17. The van der Waals surface area contributed by atoms with Crippen molar-refractivity contribution in [3.63, 3.8) is 0 Å². The van der Waals surface area contributed by atoms with Crippen LogP contribution in [0.1, 0.15) is 19.4 Å². The smallest absolute Gasteiger partial charge is 0.304 e. The molecule has 0 N–H and O–H groups in total. The Morgan fingerprint density at radius 3 is 2.62 bits per heavy atom. The standard InChI is InChI=1S/C17H20ClN3O3/c1-3-23-17(24-4-2)16(22)20-15-7-5-6-10-21(15)12-13-8-9-14(18)19-11-13/h5-11,17H,3-4,12H2,1-2H3/b20-15+. The molecule has 2 heterocycles. The van der Waals surface area contributed by atoms with Crippen LogP contribution in [-0.4, -0.2) is 35.0 Å². The van der Waals surface area contributed by atoms with Gasteiger partial charge in [0.25, 0.3) is 0 Å². The Morgan fingerprint density at radius 2 is 2.00 bits per heavy atom. The second-order valence-electron chi connectivity index (χ2n) is 4.87. The van der Waals surface area contributed by atoms with E-state index in [4.69, 9.17) is 21.1 Å². The van der Waals surface area contributed by atoms with Gasteiger partial charge in [0, 0.05) is 25.6 Å². The van der Waals surface area contributed by atoms with E-state index in [0.717, 1.165) is 5.56 Å². The summed E-state index contributed by atoms with van der Waals surface area (Å²) >= 11 is 5.80. The van der Waals surface area contributed by atoms with Crippen LogP contribution in [0.3, 0.4) is 0 Å². The van der Waals surface area contributed by atoms with Gasteiger partial charge in [-0.3, -0.25) is 4.79 Å². The third-order valence-electron chi connectivity index (χ3n) is 3.12. The highest BCUT2D eigenvalue weighted by Crippen LogP contribution is 2.06. The maximum absolute atomic E-state index is 12.3. The van der Waals surface area contributed by atoms with E-state index >= 15 is 0 Å². The number of hydrogen-bond acceptors (Lipinski definition) is 4. The third-order valence-corrected chi connectivity index (χ3v) is 3.34. The fourth-order valence-electron chi connectivity index (χ4n) is 2.06. The van der Waals surface area contributed by atoms with Crippen LogP contribution in [0.5, 0.6) is 0 Å². The Morgan fingerprint density at radius 1 is 1.25 bits per heavy atom. The number of pyridine rings is 2. The molecule has 0 aromatic carbocycles. The van der Waals surface area contributed by atoms with Crippen molar-refractivity contribution in [1.82, 2.24) is 9.55 Å². The predicted molar refractivity (Wildman–Crippen MR) is 90.4 cm³/mol. The molecule has 0 spiro atoms. The Kier molecular flexibility index (Phi) is 7.11. The summed E-state index contributed by atoms with van der Waals surface area (Å²) in [4.78, 5) is 20.5. The van der Waals surface area contributed by atoms with Crippen LogP contribution in [0.15, 0.2) is 47.7 Å². The van der Waals surface area contributed by atoms with E-state index in [1.54, 1.807) is 32.2 Å². The molecule has 0 aliphatic carbocycles. The predicted octanol–water partition coefficient (Wildman–Crippen LogP) is 2.41. The van der Waals surface area contributed by atoms with Crippen LogP contribution < -0.4 is 5.49 Å². The topological polar surface area (TPSA) is 65.7 Å². The van der Waals surface area contributed by atoms with Crippen LogP contribution in [-0.2, 0) is 20.8 Å². The normalized spacial score (nSPS) is 11.9. The Bertz CT molecular complexity index is 722. The zero-order chi connectivity index (χ0) is 17.4. The van der Waals surface area contributed by atoms with Gasteiger partial charge in [-0.15, -0.1) is 0 Å². The first-order chi connectivity index (χ1) is 11.6. The molecule has 2 rings (SSSR count). The number of aromatic nitrogens is 2. The fraction of sp³-hybridized carbons (Fsp3) is 0.353. The first kappa shape index (κ1) is 18.3. The maximum Gasteiger partial charge on any atom is 0.304 e. The van der Waals surface area contributed by atoms with Gasteiger partial charge in [-0.1, -0.05) is 23.7 Å². The molecule has 24 heavy (non-hydrogen) atoms. The summed E-state index contributed by atoms with van der Waals surface area (Å²) in [6, 6.07) is 9.05. The first-order valence-corrected chi connectivity index (χ1v) is 8.09. The molecule has 0 unspecified atom stereocenters. The van der Waals surface area contributed by atoms with E-state index in [1.807, 2.05) is 29.0 Å². The number of carbonyl (C=O) groups excluding carboxylic acids is 1. The minimum atomic E-state index is -0.981. The summed E-state index contributed by atoms with van der Waals surface area (Å²) in [5, 5.41) is 0.438. The molecule has 0 fully saturated rings. The second kappa shape index (κ2) is 9.32. The molecular weight excluding hydrogens is 330 g/mol. The zero-order valence-electron chi connectivity index (χ0n) is 13.7. The molecule has 2 aromatic rings. The SMILES string of the molecule is CCOC(OCC)C(=O)/N=c1\ccccn1Cc1ccc(Cl)nc1. The van der Waals surface area contributed by atoms with Crippen molar-refractivity contribution in [3.05, 3.63) is 58.9 Å². The van der Waals surface area contributed by atoms with Crippen LogP contribution >= 0.6 is 11.6 Å². The van der Waals surface area contributed by atoms with Crippen LogP contribution in [0, 0.1) is 0 Å². The highest BCUT2D eigenvalue weighted by atomic mass is 35.5. The van der Waals surface area contributed by atoms with Crippen molar-refractivity contribution in [3.8, 4) is 0 Å². The molecule has 0 atom stereocenters. The van der Waals surface area contributed by atoms with Gasteiger partial charge in [0.1, 0.15) is 10.6 Å². The Balaban J connectivity index is 2.26. The maximum atomic E-state index is 12.3. The van der Waals surface area contributed by atoms with Crippen molar-refractivity contribution in [2.45, 2.75) is 26.7 Å². The molecule has 1 amide bonds. The molecule has 6 nitrogen and oxygen atoms in total. The summed E-state index contributed by atoms with van der Waals surface area (Å²) < 4.78 is 12.4. The van der Waals surface area contributed by atoms with Gasteiger partial charge in [-0.25, -0.2) is 4.98 Å². The van der Waals surface area contributed by atoms with Crippen molar-refractivity contribution in [2.24, 2.45) is 4.99 Å². The monoisotopic (exact) mass is 349 g/mol. The molecule has 0 bridgehead atoms. The molecule has 0 aliphatic heterocycles. The van der Waals surface area contributed by atoms with Gasteiger partial charge < -0.3 is 14.0 Å². The first-order valence-electron chi connectivity index (χ1n) is 7.71. The number of ether oxygens (including phenoxy) is 2. The molecule has 128 valence electrons. The Labute approximate surface area is 145 Å². The molecule has 0 aliphatic rings. The number of halogens is 1. The van der Waals surface area contributed by atoms with Gasteiger partial charge in [0.2, 0.25) is 6.29 Å². The zero-order valence-corrected chi connectivity index (χ0v) is 14.4. The van der Waals surface area contributed by atoms with Crippen LogP contribution in [0.25, 0.3) is 0 Å². The van der Waals surface area contributed by atoms with Crippen molar-refractivity contribution in [1.29, 1.82) is 0 Å². The van der Waals surface area contributed by atoms with E-state index in [-0.39, 0.29) is 0 Å². The van der Waals surface area contributed by atoms with E-state index in [9.17, 15) is 4.79 Å². The van der Waals surface area contributed by atoms with Crippen molar-refractivity contribution in [2.75, 3.05) is 13.2 Å². The lowest BCUT2D eigenvalue weighted by Crippen LogP contribution is -2.30. The summed E-state index contributed by atoms with van der Waals surface area (Å²) in [7, 11) is 0. The molecule has 0 saturated heterocycles. The summed E-state index contributed by atoms with van der Waals surface area (Å²) in [6.45, 7) is 4.87. The Hall–Kier alpha value is -2.02. The van der Waals surface area contributed by atoms with Crippen molar-refractivity contribution >= 4 is 17.5 Å². The molecular formula is C17H20ClN3O3. The van der Waals surface area contributed by atoms with Gasteiger partial charge in [-0.05, 0) is 37.6 Å². The third kappa shape index (κ3) is 5.26. The van der Waals surface area contributed by atoms with E-state index in [0.29, 0.717) is 30.4 Å².